The van der Waals surface area contributed by atoms with Gasteiger partial charge in [-0.25, -0.2) is 14.4 Å². The molecule has 1 N–H and O–H groups in total. The molecular weight excluding hydrogens is 416 g/mol. The predicted molar refractivity (Wildman–Crippen MR) is 112 cm³/mol. The predicted octanol–water partition coefficient (Wildman–Crippen LogP) is 5.43. The van der Waals surface area contributed by atoms with Crippen molar-refractivity contribution in [2.75, 3.05) is 18.0 Å². The Bertz CT molecular complexity index is 1090. The number of halogens is 3. The van der Waals surface area contributed by atoms with Gasteiger partial charge in [-0.2, -0.15) is 0 Å². The minimum atomic E-state index is -0.813. The van der Waals surface area contributed by atoms with E-state index in [9.17, 15) is 9.18 Å². The fourth-order valence-electron chi connectivity index (χ4n) is 3.94. The van der Waals surface area contributed by atoms with E-state index in [1.807, 2.05) is 11.0 Å². The minimum absolute atomic E-state index is 0.0215. The van der Waals surface area contributed by atoms with Gasteiger partial charge in [-0.15, -0.1) is 0 Å². The van der Waals surface area contributed by atoms with Crippen molar-refractivity contribution in [1.82, 2.24) is 9.97 Å². The number of anilines is 1. The SMILES string of the molecule is O=C(O)C[C@@H]1CCCN(c2ncnc3c(F)ccc(-c4ccc(Cl)c(Cl)c4)c23)C1. The van der Waals surface area contributed by atoms with Crippen LogP contribution in [0.2, 0.25) is 10.0 Å². The average Bonchev–Trinajstić information content (AvgIpc) is 2.70. The summed E-state index contributed by atoms with van der Waals surface area (Å²) in [6.07, 6.45) is 3.15. The lowest BCUT2D eigenvalue weighted by Crippen LogP contribution is -2.37. The minimum Gasteiger partial charge on any atom is -0.481 e. The molecule has 0 amide bonds. The molecule has 0 radical (unpaired) electrons. The Labute approximate surface area is 177 Å². The molecule has 2 aromatic carbocycles. The summed E-state index contributed by atoms with van der Waals surface area (Å²) in [4.78, 5) is 21.8. The number of rotatable bonds is 4. The zero-order valence-electron chi connectivity index (χ0n) is 15.4. The monoisotopic (exact) mass is 433 g/mol. The number of carboxylic acids is 1. The van der Waals surface area contributed by atoms with E-state index in [2.05, 4.69) is 9.97 Å². The summed E-state index contributed by atoms with van der Waals surface area (Å²) in [7, 11) is 0. The lowest BCUT2D eigenvalue weighted by Gasteiger charge is -2.33. The van der Waals surface area contributed by atoms with E-state index < -0.39 is 11.8 Å². The summed E-state index contributed by atoms with van der Waals surface area (Å²) in [5.41, 5.74) is 1.74. The van der Waals surface area contributed by atoms with Gasteiger partial charge in [0, 0.05) is 19.5 Å². The number of fused-ring (bicyclic) bond motifs is 1. The summed E-state index contributed by atoms with van der Waals surface area (Å²) in [5.74, 6) is -0.627. The van der Waals surface area contributed by atoms with Crippen molar-refractivity contribution in [1.29, 1.82) is 0 Å². The molecule has 0 unspecified atom stereocenters. The van der Waals surface area contributed by atoms with Crippen molar-refractivity contribution in [3.8, 4) is 11.1 Å². The summed E-state index contributed by atoms with van der Waals surface area (Å²) in [6, 6.07) is 8.31. The molecule has 0 bridgehead atoms. The fourth-order valence-corrected chi connectivity index (χ4v) is 4.24. The summed E-state index contributed by atoms with van der Waals surface area (Å²) in [6.45, 7) is 1.27. The van der Waals surface area contributed by atoms with Gasteiger partial charge in [-0.05, 0) is 48.1 Å². The molecular formula is C21H18Cl2FN3O2. The molecule has 1 saturated heterocycles. The Kier molecular flexibility index (Phi) is 5.56. The van der Waals surface area contributed by atoms with Gasteiger partial charge >= 0.3 is 5.97 Å². The number of hydrogen-bond donors (Lipinski definition) is 1. The first kappa shape index (κ1) is 19.9. The van der Waals surface area contributed by atoms with Crippen LogP contribution in [0.5, 0.6) is 0 Å². The molecule has 0 aliphatic carbocycles. The van der Waals surface area contributed by atoms with Crippen LogP contribution in [-0.4, -0.2) is 34.1 Å². The van der Waals surface area contributed by atoms with E-state index >= 15 is 0 Å². The maximum absolute atomic E-state index is 14.6. The van der Waals surface area contributed by atoms with E-state index in [0.29, 0.717) is 27.8 Å². The highest BCUT2D eigenvalue weighted by atomic mass is 35.5. The van der Waals surface area contributed by atoms with Gasteiger partial charge in [0.1, 0.15) is 23.5 Å². The molecule has 0 spiro atoms. The number of hydrogen-bond acceptors (Lipinski definition) is 4. The molecule has 1 aliphatic heterocycles. The molecule has 5 nitrogen and oxygen atoms in total. The van der Waals surface area contributed by atoms with Crippen LogP contribution in [0.3, 0.4) is 0 Å². The fraction of sp³-hybridized carbons (Fsp3) is 0.286. The van der Waals surface area contributed by atoms with Crippen LogP contribution in [0.4, 0.5) is 10.2 Å². The van der Waals surface area contributed by atoms with Gasteiger partial charge < -0.3 is 10.0 Å². The van der Waals surface area contributed by atoms with Crippen molar-refractivity contribution in [2.45, 2.75) is 19.3 Å². The molecule has 3 aromatic rings. The third-order valence-corrected chi connectivity index (χ3v) is 5.97. The van der Waals surface area contributed by atoms with Crippen LogP contribution in [0.25, 0.3) is 22.0 Å². The second-order valence-electron chi connectivity index (χ2n) is 7.20. The standard InChI is InChI=1S/C21H18Cl2FN3O2/c22-15-5-3-13(9-16(15)23)14-4-6-17(24)20-19(14)21(26-11-25-20)27-7-1-2-12(10-27)8-18(28)29/h3-6,9,11-12H,1-2,7-8,10H2,(H,28,29)/t12-/m0/s1. The molecule has 1 fully saturated rings. The number of piperidine rings is 1. The smallest absolute Gasteiger partial charge is 0.303 e. The lowest BCUT2D eigenvalue weighted by atomic mass is 9.94. The van der Waals surface area contributed by atoms with Crippen molar-refractivity contribution in [3.05, 3.63) is 52.5 Å². The molecule has 2 heterocycles. The molecule has 8 heteroatoms. The number of aromatic nitrogens is 2. The highest BCUT2D eigenvalue weighted by Crippen LogP contribution is 2.38. The molecule has 1 atom stereocenters. The summed E-state index contributed by atoms with van der Waals surface area (Å²) < 4.78 is 14.6. The Balaban J connectivity index is 1.85. The maximum Gasteiger partial charge on any atom is 0.303 e. The van der Waals surface area contributed by atoms with Gasteiger partial charge in [0.15, 0.2) is 0 Å². The van der Waals surface area contributed by atoms with E-state index in [-0.39, 0.29) is 17.9 Å². The number of nitrogens with zero attached hydrogens (tertiary/aromatic N) is 3. The van der Waals surface area contributed by atoms with Crippen molar-refractivity contribution in [2.24, 2.45) is 5.92 Å². The van der Waals surface area contributed by atoms with Gasteiger partial charge in [-0.1, -0.05) is 35.3 Å². The van der Waals surface area contributed by atoms with Crippen molar-refractivity contribution in [3.63, 3.8) is 0 Å². The zero-order valence-corrected chi connectivity index (χ0v) is 16.9. The number of benzene rings is 2. The molecule has 29 heavy (non-hydrogen) atoms. The second-order valence-corrected chi connectivity index (χ2v) is 8.01. The van der Waals surface area contributed by atoms with Crippen LogP contribution in [0.15, 0.2) is 36.7 Å². The van der Waals surface area contributed by atoms with E-state index in [1.54, 1.807) is 18.2 Å². The van der Waals surface area contributed by atoms with Gasteiger partial charge in [0.2, 0.25) is 0 Å². The van der Waals surface area contributed by atoms with Crippen molar-refractivity contribution >= 4 is 45.9 Å². The van der Waals surface area contributed by atoms with E-state index in [4.69, 9.17) is 28.3 Å². The first-order valence-corrected chi connectivity index (χ1v) is 10.0. The molecule has 150 valence electrons. The van der Waals surface area contributed by atoms with Gasteiger partial charge in [-0.3, -0.25) is 4.79 Å². The highest BCUT2D eigenvalue weighted by Gasteiger charge is 2.26. The highest BCUT2D eigenvalue weighted by molar-refractivity contribution is 6.42. The van der Waals surface area contributed by atoms with Crippen LogP contribution in [0, 0.1) is 11.7 Å². The molecule has 1 aliphatic rings. The third-order valence-electron chi connectivity index (χ3n) is 5.23. The van der Waals surface area contributed by atoms with Crippen molar-refractivity contribution < 1.29 is 14.3 Å². The maximum atomic E-state index is 14.6. The molecule has 0 saturated carbocycles. The average molecular weight is 434 g/mol. The van der Waals surface area contributed by atoms with E-state index in [0.717, 1.165) is 30.5 Å². The Hall–Kier alpha value is -2.44. The van der Waals surface area contributed by atoms with Gasteiger partial charge in [0.25, 0.3) is 0 Å². The van der Waals surface area contributed by atoms with Crippen LogP contribution < -0.4 is 4.90 Å². The lowest BCUT2D eigenvalue weighted by molar-refractivity contribution is -0.138. The summed E-state index contributed by atoms with van der Waals surface area (Å²) >= 11 is 12.2. The van der Waals surface area contributed by atoms with Crippen LogP contribution in [-0.2, 0) is 4.79 Å². The molecule has 1 aromatic heterocycles. The zero-order chi connectivity index (χ0) is 20.5. The number of carbonyl (C=O) groups is 1. The normalized spacial score (nSPS) is 16.9. The second kappa shape index (κ2) is 8.13. The van der Waals surface area contributed by atoms with Crippen LogP contribution >= 0.6 is 23.2 Å². The Morgan fingerprint density at radius 1 is 1.21 bits per heavy atom. The number of aliphatic carboxylic acids is 1. The largest absolute Gasteiger partial charge is 0.481 e. The Morgan fingerprint density at radius 2 is 2.03 bits per heavy atom. The quantitative estimate of drug-likeness (QED) is 0.593. The first-order valence-electron chi connectivity index (χ1n) is 9.29. The third kappa shape index (κ3) is 4.00. The number of carboxylic acid groups (broad SMARTS) is 1. The van der Waals surface area contributed by atoms with E-state index in [1.165, 1.54) is 12.4 Å². The molecule has 4 rings (SSSR count). The summed E-state index contributed by atoms with van der Waals surface area (Å²) in [5, 5.41) is 10.6. The van der Waals surface area contributed by atoms with Gasteiger partial charge in [0.05, 0.1) is 15.4 Å². The van der Waals surface area contributed by atoms with Crippen LogP contribution in [0.1, 0.15) is 19.3 Å². The Morgan fingerprint density at radius 3 is 2.79 bits per heavy atom. The topological polar surface area (TPSA) is 66.3 Å². The first-order chi connectivity index (χ1) is 13.9.